The van der Waals surface area contributed by atoms with Crippen LogP contribution in [0.3, 0.4) is 0 Å². The van der Waals surface area contributed by atoms with E-state index < -0.39 is 0 Å². The van der Waals surface area contributed by atoms with Crippen molar-refractivity contribution in [3.63, 3.8) is 0 Å². The molecular formula is C11H10N2O. The number of aryl methyl sites for hydroxylation is 1. The molecule has 0 saturated heterocycles. The molecule has 1 N–H and O–H groups in total. The summed E-state index contributed by atoms with van der Waals surface area (Å²) < 4.78 is 0. The van der Waals surface area contributed by atoms with Crippen molar-refractivity contribution in [3.05, 3.63) is 42.4 Å². The molecule has 0 spiro atoms. The van der Waals surface area contributed by atoms with Gasteiger partial charge >= 0.3 is 0 Å². The highest BCUT2D eigenvalue weighted by Crippen LogP contribution is 2.20. The van der Waals surface area contributed by atoms with Crippen LogP contribution in [0.2, 0.25) is 0 Å². The molecular weight excluding hydrogens is 176 g/mol. The fourth-order valence-electron chi connectivity index (χ4n) is 1.24. The van der Waals surface area contributed by atoms with Gasteiger partial charge in [0.25, 0.3) is 0 Å². The van der Waals surface area contributed by atoms with E-state index in [0.29, 0.717) is 5.69 Å². The first-order valence-electron chi connectivity index (χ1n) is 4.34. The maximum absolute atomic E-state index is 9.32. The Bertz CT molecular complexity index is 440. The Morgan fingerprint density at radius 3 is 2.43 bits per heavy atom. The van der Waals surface area contributed by atoms with E-state index in [1.165, 1.54) is 0 Å². The summed E-state index contributed by atoms with van der Waals surface area (Å²) in [5, 5.41) is 9.32. The Morgan fingerprint density at radius 1 is 1.07 bits per heavy atom. The molecule has 2 rings (SSSR count). The van der Waals surface area contributed by atoms with Crippen molar-refractivity contribution in [2.75, 3.05) is 0 Å². The van der Waals surface area contributed by atoms with Gasteiger partial charge in [-0.15, -0.1) is 0 Å². The standard InChI is InChI=1S/C11H10N2O/c1-8-11(14)3-2-10(13-8)9-4-6-12-7-5-9/h2-7,14H,1H3. The van der Waals surface area contributed by atoms with Crippen LogP contribution in [0, 0.1) is 6.92 Å². The number of aromatic nitrogens is 2. The summed E-state index contributed by atoms with van der Waals surface area (Å²) in [6.45, 7) is 1.78. The van der Waals surface area contributed by atoms with E-state index in [4.69, 9.17) is 0 Å². The molecule has 0 aliphatic carbocycles. The summed E-state index contributed by atoms with van der Waals surface area (Å²) in [6.07, 6.45) is 3.44. The Kier molecular flexibility index (Phi) is 2.14. The molecule has 0 fully saturated rings. The average Bonchev–Trinajstić information content (AvgIpc) is 2.23. The van der Waals surface area contributed by atoms with E-state index in [1.807, 2.05) is 12.1 Å². The number of aromatic hydroxyl groups is 1. The van der Waals surface area contributed by atoms with Crippen LogP contribution in [0.25, 0.3) is 11.3 Å². The highest BCUT2D eigenvalue weighted by Gasteiger charge is 2.01. The molecule has 0 bridgehead atoms. The molecule has 2 heterocycles. The quantitative estimate of drug-likeness (QED) is 0.742. The van der Waals surface area contributed by atoms with Gasteiger partial charge in [0.1, 0.15) is 5.75 Å². The van der Waals surface area contributed by atoms with Gasteiger partial charge in [-0.1, -0.05) is 0 Å². The summed E-state index contributed by atoms with van der Waals surface area (Å²) in [5.74, 6) is 0.225. The zero-order valence-electron chi connectivity index (χ0n) is 7.81. The molecule has 0 unspecified atom stereocenters. The van der Waals surface area contributed by atoms with Crippen LogP contribution < -0.4 is 0 Å². The van der Waals surface area contributed by atoms with Crippen LogP contribution in [0.15, 0.2) is 36.7 Å². The second kappa shape index (κ2) is 3.46. The molecule has 0 aromatic carbocycles. The second-order valence-electron chi connectivity index (χ2n) is 3.04. The van der Waals surface area contributed by atoms with Gasteiger partial charge in [0, 0.05) is 18.0 Å². The van der Waals surface area contributed by atoms with Gasteiger partial charge in [-0.05, 0) is 31.2 Å². The summed E-state index contributed by atoms with van der Waals surface area (Å²) in [4.78, 5) is 8.20. The Labute approximate surface area is 82.1 Å². The Hall–Kier alpha value is -1.90. The van der Waals surface area contributed by atoms with E-state index in [-0.39, 0.29) is 5.75 Å². The Morgan fingerprint density at radius 2 is 1.79 bits per heavy atom. The van der Waals surface area contributed by atoms with Crippen LogP contribution in [0.5, 0.6) is 5.75 Å². The highest BCUT2D eigenvalue weighted by molar-refractivity contribution is 5.59. The molecule has 3 heteroatoms. The molecule has 0 amide bonds. The lowest BCUT2D eigenvalue weighted by molar-refractivity contribution is 0.468. The normalized spacial score (nSPS) is 10.1. The summed E-state index contributed by atoms with van der Waals surface area (Å²) in [7, 11) is 0. The van der Waals surface area contributed by atoms with Crippen LogP contribution >= 0.6 is 0 Å². The van der Waals surface area contributed by atoms with Gasteiger partial charge in [-0.25, -0.2) is 4.98 Å². The molecule has 0 aliphatic rings. The monoisotopic (exact) mass is 186 g/mol. The van der Waals surface area contributed by atoms with E-state index in [2.05, 4.69) is 9.97 Å². The molecule has 2 aromatic heterocycles. The van der Waals surface area contributed by atoms with Gasteiger partial charge in [0.05, 0.1) is 11.4 Å². The summed E-state index contributed by atoms with van der Waals surface area (Å²) >= 11 is 0. The van der Waals surface area contributed by atoms with Gasteiger partial charge in [-0.3, -0.25) is 4.98 Å². The number of hydrogen-bond donors (Lipinski definition) is 1. The lowest BCUT2D eigenvalue weighted by Crippen LogP contribution is -1.87. The predicted molar refractivity (Wildman–Crippen MR) is 53.9 cm³/mol. The molecule has 0 saturated carbocycles. The van der Waals surface area contributed by atoms with Crippen molar-refractivity contribution in [2.45, 2.75) is 6.92 Å². The first kappa shape index (κ1) is 8.69. The van der Waals surface area contributed by atoms with Crippen molar-refractivity contribution in [3.8, 4) is 17.0 Å². The van der Waals surface area contributed by atoms with Crippen molar-refractivity contribution in [1.82, 2.24) is 9.97 Å². The minimum Gasteiger partial charge on any atom is -0.506 e. The molecule has 3 nitrogen and oxygen atoms in total. The van der Waals surface area contributed by atoms with Crippen LogP contribution in [0.1, 0.15) is 5.69 Å². The van der Waals surface area contributed by atoms with E-state index in [9.17, 15) is 5.11 Å². The first-order valence-corrected chi connectivity index (χ1v) is 4.34. The summed E-state index contributed by atoms with van der Waals surface area (Å²) in [5.41, 5.74) is 2.49. The predicted octanol–water partition coefficient (Wildman–Crippen LogP) is 2.16. The van der Waals surface area contributed by atoms with Crippen LogP contribution in [-0.2, 0) is 0 Å². The average molecular weight is 186 g/mol. The lowest BCUT2D eigenvalue weighted by atomic mass is 10.1. The largest absolute Gasteiger partial charge is 0.506 e. The smallest absolute Gasteiger partial charge is 0.136 e. The fraction of sp³-hybridized carbons (Fsp3) is 0.0909. The minimum absolute atomic E-state index is 0.225. The molecule has 14 heavy (non-hydrogen) atoms. The van der Waals surface area contributed by atoms with E-state index in [1.54, 1.807) is 31.5 Å². The number of pyridine rings is 2. The Balaban J connectivity index is 2.48. The number of nitrogens with zero attached hydrogens (tertiary/aromatic N) is 2. The third-order valence-electron chi connectivity index (χ3n) is 2.03. The molecule has 0 radical (unpaired) electrons. The highest BCUT2D eigenvalue weighted by atomic mass is 16.3. The van der Waals surface area contributed by atoms with E-state index >= 15 is 0 Å². The second-order valence-corrected chi connectivity index (χ2v) is 3.04. The molecule has 0 aliphatic heterocycles. The van der Waals surface area contributed by atoms with E-state index in [0.717, 1.165) is 11.3 Å². The zero-order valence-corrected chi connectivity index (χ0v) is 7.81. The van der Waals surface area contributed by atoms with Gasteiger partial charge in [0.2, 0.25) is 0 Å². The maximum Gasteiger partial charge on any atom is 0.136 e. The SMILES string of the molecule is Cc1nc(-c2ccncc2)ccc1O. The van der Waals surface area contributed by atoms with Gasteiger partial charge in [-0.2, -0.15) is 0 Å². The topological polar surface area (TPSA) is 46.0 Å². The fourth-order valence-corrected chi connectivity index (χ4v) is 1.24. The molecule has 2 aromatic rings. The van der Waals surface area contributed by atoms with Crippen molar-refractivity contribution in [1.29, 1.82) is 0 Å². The third kappa shape index (κ3) is 1.57. The molecule has 0 atom stereocenters. The van der Waals surface area contributed by atoms with Gasteiger partial charge < -0.3 is 5.11 Å². The van der Waals surface area contributed by atoms with Crippen molar-refractivity contribution >= 4 is 0 Å². The van der Waals surface area contributed by atoms with Crippen molar-refractivity contribution in [2.24, 2.45) is 0 Å². The summed E-state index contributed by atoms with van der Waals surface area (Å²) in [6, 6.07) is 7.22. The molecule has 70 valence electrons. The number of rotatable bonds is 1. The number of hydrogen-bond acceptors (Lipinski definition) is 3. The maximum atomic E-state index is 9.32. The zero-order chi connectivity index (χ0) is 9.97. The van der Waals surface area contributed by atoms with Crippen LogP contribution in [0.4, 0.5) is 0 Å². The first-order chi connectivity index (χ1) is 6.77. The third-order valence-corrected chi connectivity index (χ3v) is 2.03. The lowest BCUT2D eigenvalue weighted by Gasteiger charge is -2.02. The minimum atomic E-state index is 0.225. The van der Waals surface area contributed by atoms with Gasteiger partial charge in [0.15, 0.2) is 0 Å². The van der Waals surface area contributed by atoms with Crippen LogP contribution in [-0.4, -0.2) is 15.1 Å². The van der Waals surface area contributed by atoms with Crippen molar-refractivity contribution < 1.29 is 5.11 Å².